The number of fused-ring (bicyclic) bond motifs is 1. The number of aromatic hydroxyl groups is 1. The molecule has 4 heterocycles. The third-order valence-electron chi connectivity index (χ3n) is 8.71. The molecule has 2 N–H and O–H groups in total. The Morgan fingerprint density at radius 3 is 2.39 bits per heavy atom. The molecular weight excluding hydrogens is 672 g/mol. The molecular formula is C36H42F4N6O5. The number of aliphatic hydroxyl groups excluding tert-OH is 1. The number of phenolic OH excluding ortho intramolecular Hbond substituents is 1. The maximum Gasteiger partial charge on any atom is 0.410 e. The average molecular weight is 715 g/mol. The van der Waals surface area contributed by atoms with Crippen LogP contribution >= 0.6 is 0 Å². The van der Waals surface area contributed by atoms with E-state index in [1.165, 1.54) is 24.4 Å². The molecule has 1 saturated heterocycles. The van der Waals surface area contributed by atoms with Crippen molar-refractivity contribution < 1.29 is 37.3 Å². The molecule has 1 fully saturated rings. The molecule has 15 heteroatoms. The summed E-state index contributed by atoms with van der Waals surface area (Å²) < 4.78 is 66.6. The van der Waals surface area contributed by atoms with Crippen molar-refractivity contribution in [3.63, 3.8) is 0 Å². The van der Waals surface area contributed by atoms with E-state index >= 15 is 8.78 Å². The van der Waals surface area contributed by atoms with Gasteiger partial charge in [0.1, 0.15) is 35.3 Å². The highest BCUT2D eigenvalue weighted by atomic mass is 19.3. The van der Waals surface area contributed by atoms with Crippen molar-refractivity contribution in [2.24, 2.45) is 0 Å². The molecule has 4 aromatic rings. The maximum absolute atomic E-state index is 16.2. The summed E-state index contributed by atoms with van der Waals surface area (Å²) in [6.07, 6.45) is -0.147. The Bertz CT molecular complexity index is 1990. The van der Waals surface area contributed by atoms with Crippen LogP contribution in [0.4, 0.5) is 28.2 Å². The van der Waals surface area contributed by atoms with Crippen LogP contribution in [-0.4, -0.2) is 84.0 Å². The van der Waals surface area contributed by atoms with Gasteiger partial charge in [0.05, 0.1) is 22.3 Å². The number of alkyl halides is 2. The Balaban J connectivity index is 1.79. The lowest BCUT2D eigenvalue weighted by Crippen LogP contribution is -2.59. The van der Waals surface area contributed by atoms with Crippen LogP contribution in [-0.2, 0) is 11.2 Å². The number of pyridine rings is 2. The van der Waals surface area contributed by atoms with E-state index in [2.05, 4.69) is 15.0 Å². The Morgan fingerprint density at radius 2 is 1.76 bits per heavy atom. The van der Waals surface area contributed by atoms with Crippen molar-refractivity contribution in [2.75, 3.05) is 24.6 Å². The molecule has 5 rings (SSSR count). The number of carbonyl (C=O) groups is 1. The van der Waals surface area contributed by atoms with Crippen LogP contribution in [0.25, 0.3) is 28.0 Å². The number of carbonyl (C=O) groups excluding carboxylic acids is 1. The lowest BCUT2D eigenvalue weighted by molar-refractivity contribution is -0.0558. The number of hydrogen-bond donors (Lipinski definition) is 2. The average Bonchev–Trinajstić information content (AvgIpc) is 3.04. The van der Waals surface area contributed by atoms with Gasteiger partial charge in [0.2, 0.25) is 0 Å². The molecule has 1 amide bonds. The predicted molar refractivity (Wildman–Crippen MR) is 184 cm³/mol. The summed E-state index contributed by atoms with van der Waals surface area (Å²) in [5.41, 5.74) is -2.29. The first-order valence-electron chi connectivity index (χ1n) is 16.7. The van der Waals surface area contributed by atoms with E-state index in [0.29, 0.717) is 5.69 Å². The third kappa shape index (κ3) is 7.63. The second kappa shape index (κ2) is 14.1. The zero-order valence-electron chi connectivity index (χ0n) is 29.5. The zero-order chi connectivity index (χ0) is 37.6. The Hall–Kier alpha value is -4.79. The van der Waals surface area contributed by atoms with Gasteiger partial charge in [-0.1, -0.05) is 19.9 Å². The highest BCUT2D eigenvalue weighted by Crippen LogP contribution is 2.37. The van der Waals surface area contributed by atoms with Crippen LogP contribution in [0.15, 0.2) is 41.3 Å². The van der Waals surface area contributed by atoms with Gasteiger partial charge in [0, 0.05) is 37.8 Å². The molecule has 0 aliphatic carbocycles. The van der Waals surface area contributed by atoms with Crippen LogP contribution in [0.3, 0.4) is 0 Å². The molecule has 0 radical (unpaired) electrons. The first-order valence-corrected chi connectivity index (χ1v) is 16.7. The Labute approximate surface area is 292 Å². The number of aromatic nitrogens is 4. The third-order valence-corrected chi connectivity index (χ3v) is 8.71. The minimum Gasteiger partial charge on any atom is -0.507 e. The molecule has 11 nitrogen and oxygen atoms in total. The normalized spacial score (nSPS) is 17.0. The summed E-state index contributed by atoms with van der Waals surface area (Å²) in [6.45, 7) is 11.4. The predicted octanol–water partition coefficient (Wildman–Crippen LogP) is 6.34. The maximum atomic E-state index is 16.2. The fourth-order valence-corrected chi connectivity index (χ4v) is 6.24. The second-order valence-corrected chi connectivity index (χ2v) is 14.2. The van der Waals surface area contributed by atoms with E-state index < -0.39 is 77.1 Å². The van der Waals surface area contributed by atoms with E-state index in [4.69, 9.17) is 4.74 Å². The van der Waals surface area contributed by atoms with Crippen LogP contribution < -0.4 is 10.6 Å². The van der Waals surface area contributed by atoms with Crippen LogP contribution in [0.2, 0.25) is 0 Å². The minimum atomic E-state index is -3.42. The van der Waals surface area contributed by atoms with Crippen molar-refractivity contribution in [2.45, 2.75) is 90.8 Å². The molecule has 3 aromatic heterocycles. The van der Waals surface area contributed by atoms with E-state index in [-0.39, 0.29) is 53.5 Å². The van der Waals surface area contributed by atoms with Crippen LogP contribution in [0.1, 0.15) is 72.1 Å². The first kappa shape index (κ1) is 37.5. The number of nitrogens with zero attached hydrogens (tertiary/aromatic N) is 6. The van der Waals surface area contributed by atoms with Gasteiger partial charge in [-0.15, -0.1) is 0 Å². The number of phenols is 1. The van der Waals surface area contributed by atoms with Gasteiger partial charge in [-0.3, -0.25) is 4.98 Å². The number of aryl methyl sites for hydroxylation is 1. The summed E-state index contributed by atoms with van der Waals surface area (Å²) in [5, 5.41) is 19.9. The number of hydrogen-bond acceptors (Lipinski definition) is 9. The van der Waals surface area contributed by atoms with Crippen molar-refractivity contribution in [1.82, 2.24) is 24.4 Å². The number of benzene rings is 1. The first-order chi connectivity index (χ1) is 23.8. The number of amides is 1. The molecule has 51 heavy (non-hydrogen) atoms. The highest BCUT2D eigenvalue weighted by Gasteiger charge is 2.37. The number of anilines is 1. The quantitative estimate of drug-likeness (QED) is 0.201. The molecule has 1 aliphatic heterocycles. The van der Waals surface area contributed by atoms with Crippen LogP contribution in [0.5, 0.6) is 5.75 Å². The SMILES string of the molecule is CC(C)c1nccc(CCC(F)(F)CO)c1-n1c(=O)nc(N2C[C@@H](C)N(C(=O)OC(C)(C)C)C[C@@H]2C)c2cc(F)c(-c3c(O)cccc3F)nc21. The van der Waals surface area contributed by atoms with Crippen molar-refractivity contribution >= 4 is 22.9 Å². The number of rotatable bonds is 8. The largest absolute Gasteiger partial charge is 0.507 e. The summed E-state index contributed by atoms with van der Waals surface area (Å²) >= 11 is 0. The van der Waals surface area contributed by atoms with Gasteiger partial charge >= 0.3 is 11.8 Å². The van der Waals surface area contributed by atoms with Gasteiger partial charge < -0.3 is 24.7 Å². The fraction of sp³-hybridized carbons (Fsp3) is 0.472. The number of piperazine rings is 1. The molecule has 0 unspecified atom stereocenters. The topological polar surface area (TPSA) is 134 Å². The Kier molecular flexibility index (Phi) is 10.3. The van der Waals surface area contributed by atoms with Gasteiger partial charge in [-0.2, -0.15) is 4.98 Å². The van der Waals surface area contributed by atoms with Crippen molar-refractivity contribution in [3.05, 3.63) is 69.9 Å². The van der Waals surface area contributed by atoms with Gasteiger partial charge in [0.25, 0.3) is 5.92 Å². The molecule has 2 atom stereocenters. The van der Waals surface area contributed by atoms with E-state index in [1.807, 2.05) is 0 Å². The molecule has 0 spiro atoms. The standard InChI is InChI=1S/C36H42F4N6O5/c1-19(2)28-30(22(12-14-41-28)11-13-36(39,40)18-47)46-32-23(15-25(38)29(42-32)27-24(37)9-8-10-26(27)48)31(43-33(46)49)44-16-21(4)45(17-20(44)3)34(50)51-35(5,6)7/h8-10,12,14-15,19-21,47-48H,11,13,16-18H2,1-7H3/t20-,21+/m0/s1. The summed E-state index contributed by atoms with van der Waals surface area (Å²) in [6, 6.07) is 5.05. The number of halogens is 4. The molecule has 1 aliphatic rings. The van der Waals surface area contributed by atoms with Crippen molar-refractivity contribution in [3.8, 4) is 22.7 Å². The van der Waals surface area contributed by atoms with Crippen LogP contribution in [0, 0.1) is 11.6 Å². The fourth-order valence-electron chi connectivity index (χ4n) is 6.24. The monoisotopic (exact) mass is 714 g/mol. The number of aliphatic hydroxyl groups is 1. The molecule has 0 saturated carbocycles. The lowest BCUT2D eigenvalue weighted by atomic mass is 9.99. The lowest BCUT2D eigenvalue weighted by Gasteiger charge is -2.44. The number of ether oxygens (including phenoxy) is 1. The smallest absolute Gasteiger partial charge is 0.410 e. The minimum absolute atomic E-state index is 0.0293. The molecule has 1 aromatic carbocycles. The van der Waals surface area contributed by atoms with Gasteiger partial charge in [-0.05, 0) is 76.8 Å². The second-order valence-electron chi connectivity index (χ2n) is 14.2. The zero-order valence-corrected chi connectivity index (χ0v) is 29.5. The van der Waals surface area contributed by atoms with Gasteiger partial charge in [0.15, 0.2) is 11.5 Å². The highest BCUT2D eigenvalue weighted by molar-refractivity contribution is 5.91. The summed E-state index contributed by atoms with van der Waals surface area (Å²) in [7, 11) is 0. The Morgan fingerprint density at radius 1 is 1.06 bits per heavy atom. The molecule has 0 bridgehead atoms. The summed E-state index contributed by atoms with van der Waals surface area (Å²) in [5.74, 6) is -6.33. The van der Waals surface area contributed by atoms with E-state index in [1.54, 1.807) is 58.3 Å². The van der Waals surface area contributed by atoms with E-state index in [9.17, 15) is 28.6 Å². The van der Waals surface area contributed by atoms with E-state index in [0.717, 1.165) is 16.7 Å². The summed E-state index contributed by atoms with van der Waals surface area (Å²) in [4.78, 5) is 44.0. The molecule has 274 valence electrons. The van der Waals surface area contributed by atoms with Gasteiger partial charge in [-0.25, -0.2) is 36.7 Å². The van der Waals surface area contributed by atoms with Crippen molar-refractivity contribution in [1.29, 1.82) is 0 Å².